The molecule has 21 heavy (non-hydrogen) atoms. The summed E-state index contributed by atoms with van der Waals surface area (Å²) in [6, 6.07) is 3.35. The van der Waals surface area contributed by atoms with Crippen LogP contribution in [0.2, 0.25) is 0 Å². The van der Waals surface area contributed by atoms with Crippen LogP contribution in [-0.2, 0) is 4.79 Å². The second-order valence-corrected chi connectivity index (χ2v) is 6.18. The van der Waals surface area contributed by atoms with Crippen molar-refractivity contribution in [1.29, 1.82) is 0 Å². The Morgan fingerprint density at radius 2 is 2.24 bits per heavy atom. The van der Waals surface area contributed by atoms with Gasteiger partial charge in [-0.2, -0.15) is 0 Å². The molecule has 0 aliphatic heterocycles. The van der Waals surface area contributed by atoms with Crippen LogP contribution >= 0.6 is 15.9 Å². The van der Waals surface area contributed by atoms with Crippen LogP contribution in [0.3, 0.4) is 0 Å². The van der Waals surface area contributed by atoms with Crippen LogP contribution in [0.1, 0.15) is 37.3 Å². The van der Waals surface area contributed by atoms with Gasteiger partial charge in [0.25, 0.3) is 0 Å². The number of methoxy groups -OCH3 is 1. The van der Waals surface area contributed by atoms with Crippen molar-refractivity contribution in [2.45, 2.75) is 31.7 Å². The van der Waals surface area contributed by atoms with Gasteiger partial charge in [-0.3, -0.25) is 4.79 Å². The highest BCUT2D eigenvalue weighted by atomic mass is 79.9. The number of carboxylic acid groups (broad SMARTS) is 1. The van der Waals surface area contributed by atoms with Crippen LogP contribution in [-0.4, -0.2) is 24.8 Å². The number of ether oxygens (including phenoxy) is 2. The van der Waals surface area contributed by atoms with E-state index >= 15 is 0 Å². The molecule has 0 amide bonds. The van der Waals surface area contributed by atoms with Gasteiger partial charge in [-0.1, -0.05) is 0 Å². The van der Waals surface area contributed by atoms with E-state index in [4.69, 9.17) is 20.3 Å². The number of carboxylic acids is 1. The van der Waals surface area contributed by atoms with Crippen molar-refractivity contribution < 1.29 is 19.4 Å². The van der Waals surface area contributed by atoms with Crippen molar-refractivity contribution >= 4 is 21.9 Å². The number of carbonyl (C=O) groups is 1. The smallest absolute Gasteiger partial charge is 0.303 e. The number of nitrogens with two attached hydrogens (primary N) is 1. The quantitative estimate of drug-likeness (QED) is 0.746. The zero-order chi connectivity index (χ0) is 15.4. The summed E-state index contributed by atoms with van der Waals surface area (Å²) in [5.41, 5.74) is 6.87. The number of halogens is 1. The number of hydrogen-bond acceptors (Lipinski definition) is 4. The van der Waals surface area contributed by atoms with E-state index in [-0.39, 0.29) is 12.5 Å². The lowest BCUT2D eigenvalue weighted by atomic mass is 10.0. The second-order valence-electron chi connectivity index (χ2n) is 5.33. The summed E-state index contributed by atoms with van der Waals surface area (Å²) in [5.74, 6) is 1.10. The molecule has 1 aliphatic carbocycles. The minimum absolute atomic E-state index is 0.0427. The molecule has 1 saturated carbocycles. The lowest BCUT2D eigenvalue weighted by Crippen LogP contribution is -2.13. The first kappa shape index (κ1) is 16.1. The van der Waals surface area contributed by atoms with Crippen molar-refractivity contribution in [1.82, 2.24) is 0 Å². The largest absolute Gasteiger partial charge is 0.493 e. The first-order valence-electron chi connectivity index (χ1n) is 6.99. The Morgan fingerprint density at radius 3 is 2.81 bits per heavy atom. The zero-order valence-electron chi connectivity index (χ0n) is 12.0. The first-order chi connectivity index (χ1) is 10.0. The third-order valence-corrected chi connectivity index (χ3v) is 4.10. The maximum atomic E-state index is 10.6. The summed E-state index contributed by atoms with van der Waals surface area (Å²) in [6.07, 6.45) is 2.87. The summed E-state index contributed by atoms with van der Waals surface area (Å²) >= 11 is 3.48. The molecule has 0 spiro atoms. The number of benzene rings is 1. The molecule has 0 radical (unpaired) electrons. The van der Waals surface area contributed by atoms with E-state index in [9.17, 15) is 4.79 Å². The van der Waals surface area contributed by atoms with Crippen molar-refractivity contribution in [2.24, 2.45) is 11.7 Å². The molecular formula is C15H20BrNO4. The van der Waals surface area contributed by atoms with Gasteiger partial charge in [-0.25, -0.2) is 0 Å². The number of hydrogen-bond donors (Lipinski definition) is 2. The lowest BCUT2D eigenvalue weighted by Gasteiger charge is -2.17. The molecule has 116 valence electrons. The monoisotopic (exact) mass is 357 g/mol. The molecule has 0 saturated heterocycles. The van der Waals surface area contributed by atoms with Gasteiger partial charge in [-0.05, 0) is 58.8 Å². The highest BCUT2D eigenvalue weighted by Crippen LogP contribution is 2.40. The minimum Gasteiger partial charge on any atom is -0.493 e. The van der Waals surface area contributed by atoms with E-state index in [1.54, 1.807) is 7.11 Å². The highest BCUT2D eigenvalue weighted by molar-refractivity contribution is 9.10. The van der Waals surface area contributed by atoms with Gasteiger partial charge in [-0.15, -0.1) is 0 Å². The fourth-order valence-electron chi connectivity index (χ4n) is 2.03. The van der Waals surface area contributed by atoms with E-state index in [1.807, 2.05) is 12.1 Å². The third-order valence-electron chi connectivity index (χ3n) is 3.51. The first-order valence-corrected chi connectivity index (χ1v) is 7.78. The Hall–Kier alpha value is -1.27. The molecule has 3 N–H and O–H groups in total. The van der Waals surface area contributed by atoms with Crippen molar-refractivity contribution in [2.75, 3.05) is 13.7 Å². The average molecular weight is 358 g/mol. The fourth-order valence-corrected chi connectivity index (χ4v) is 2.60. The Morgan fingerprint density at radius 1 is 1.52 bits per heavy atom. The van der Waals surface area contributed by atoms with Crippen LogP contribution in [0.4, 0.5) is 0 Å². The Bertz CT molecular complexity index is 517. The summed E-state index contributed by atoms with van der Waals surface area (Å²) in [7, 11) is 1.58. The molecule has 5 nitrogen and oxygen atoms in total. The SMILES string of the molecule is COc1cc(C(N)CCC(=O)O)cc(Br)c1OCC1CC1. The van der Waals surface area contributed by atoms with E-state index in [2.05, 4.69) is 15.9 Å². The van der Waals surface area contributed by atoms with Gasteiger partial charge >= 0.3 is 5.97 Å². The van der Waals surface area contributed by atoms with Crippen LogP contribution in [0.25, 0.3) is 0 Å². The third kappa shape index (κ3) is 4.61. The van der Waals surface area contributed by atoms with Crippen molar-refractivity contribution in [3.8, 4) is 11.5 Å². The second kappa shape index (κ2) is 7.13. The zero-order valence-corrected chi connectivity index (χ0v) is 13.6. The molecule has 1 aliphatic rings. The lowest BCUT2D eigenvalue weighted by molar-refractivity contribution is -0.137. The number of aliphatic carboxylic acids is 1. The summed E-state index contributed by atoms with van der Waals surface area (Å²) in [6.45, 7) is 0.694. The maximum absolute atomic E-state index is 10.6. The van der Waals surface area contributed by atoms with Crippen molar-refractivity contribution in [3.63, 3.8) is 0 Å². The molecule has 2 rings (SSSR count). The molecule has 0 aromatic heterocycles. The van der Waals surface area contributed by atoms with Crippen LogP contribution < -0.4 is 15.2 Å². The summed E-state index contributed by atoms with van der Waals surface area (Å²) in [4.78, 5) is 10.6. The van der Waals surface area contributed by atoms with Gasteiger partial charge in [0.15, 0.2) is 11.5 Å². The summed E-state index contributed by atoms with van der Waals surface area (Å²) < 4.78 is 12.0. The maximum Gasteiger partial charge on any atom is 0.303 e. The molecular weight excluding hydrogens is 338 g/mol. The average Bonchev–Trinajstić information content (AvgIpc) is 3.26. The standard InChI is InChI=1S/C15H20BrNO4/c1-20-13-7-10(12(17)4-5-14(18)19)6-11(16)15(13)21-8-9-2-3-9/h6-7,9,12H,2-5,8,17H2,1H3,(H,18,19). The molecule has 1 atom stereocenters. The molecule has 1 fully saturated rings. The van der Waals surface area contributed by atoms with Gasteiger partial charge in [0.2, 0.25) is 0 Å². The minimum atomic E-state index is -0.846. The van der Waals surface area contributed by atoms with Crippen LogP contribution in [0.5, 0.6) is 11.5 Å². The highest BCUT2D eigenvalue weighted by Gasteiger charge is 2.24. The van der Waals surface area contributed by atoms with E-state index in [1.165, 1.54) is 12.8 Å². The van der Waals surface area contributed by atoms with Crippen LogP contribution in [0.15, 0.2) is 16.6 Å². The van der Waals surface area contributed by atoms with Gasteiger partial charge < -0.3 is 20.3 Å². The molecule has 6 heteroatoms. The van der Waals surface area contributed by atoms with Gasteiger partial charge in [0.05, 0.1) is 18.2 Å². The van der Waals surface area contributed by atoms with Crippen LogP contribution in [0, 0.1) is 5.92 Å². The fraction of sp³-hybridized carbons (Fsp3) is 0.533. The molecule has 1 aromatic rings. The van der Waals surface area contributed by atoms with Crippen molar-refractivity contribution in [3.05, 3.63) is 22.2 Å². The predicted octanol–water partition coefficient (Wildman–Crippen LogP) is 3.11. The van der Waals surface area contributed by atoms with Gasteiger partial charge in [0.1, 0.15) is 0 Å². The summed E-state index contributed by atoms with van der Waals surface area (Å²) in [5, 5.41) is 8.73. The normalized spacial score (nSPS) is 15.6. The molecule has 1 unspecified atom stereocenters. The Balaban J connectivity index is 2.11. The molecule has 1 aromatic carbocycles. The molecule has 0 heterocycles. The Kier molecular flexibility index (Phi) is 5.47. The predicted molar refractivity (Wildman–Crippen MR) is 82.7 cm³/mol. The number of rotatable bonds is 8. The Labute approximate surface area is 132 Å². The van der Waals surface area contributed by atoms with E-state index in [0.717, 1.165) is 10.0 Å². The topological polar surface area (TPSA) is 81.8 Å². The van der Waals surface area contributed by atoms with E-state index < -0.39 is 5.97 Å². The van der Waals surface area contributed by atoms with E-state index in [0.29, 0.717) is 30.4 Å². The molecule has 0 bridgehead atoms. The van der Waals surface area contributed by atoms with Gasteiger partial charge in [0, 0.05) is 12.5 Å².